The molecule has 0 aliphatic carbocycles. The molecule has 0 radical (unpaired) electrons. The Labute approximate surface area is 132 Å². The number of para-hydroxylation sites is 1. The number of rotatable bonds is 2. The second kappa shape index (κ2) is 6.22. The number of hydrogen-bond acceptors (Lipinski definition) is 2. The maximum absolute atomic E-state index is 12.6. The summed E-state index contributed by atoms with van der Waals surface area (Å²) in [6.45, 7) is 6.63. The van der Waals surface area contributed by atoms with Crippen molar-refractivity contribution in [2.75, 3.05) is 24.5 Å². The quantitative estimate of drug-likeness (QED) is 0.848. The molecule has 0 spiro atoms. The number of anilines is 1. The normalized spacial score (nSPS) is 18.4. The van der Waals surface area contributed by atoms with Crippen LogP contribution in [-0.2, 0) is 0 Å². The van der Waals surface area contributed by atoms with Crippen LogP contribution in [0.15, 0.2) is 54.6 Å². The molecule has 22 heavy (non-hydrogen) atoms. The predicted molar refractivity (Wildman–Crippen MR) is 90.3 cm³/mol. The molecule has 1 aliphatic heterocycles. The van der Waals surface area contributed by atoms with Crippen molar-refractivity contribution in [3.8, 4) is 0 Å². The van der Waals surface area contributed by atoms with Crippen LogP contribution in [0.4, 0.5) is 5.69 Å². The van der Waals surface area contributed by atoms with Gasteiger partial charge in [-0.25, -0.2) is 0 Å². The Morgan fingerprint density at radius 2 is 1.68 bits per heavy atom. The molecule has 2 aromatic rings. The van der Waals surface area contributed by atoms with E-state index >= 15 is 0 Å². The van der Waals surface area contributed by atoms with Gasteiger partial charge < -0.3 is 9.80 Å². The van der Waals surface area contributed by atoms with E-state index in [1.54, 1.807) is 0 Å². The van der Waals surface area contributed by atoms with Gasteiger partial charge in [-0.15, -0.1) is 0 Å². The van der Waals surface area contributed by atoms with Crippen LogP contribution in [0.25, 0.3) is 0 Å². The molecule has 114 valence electrons. The Bertz CT molecular complexity index is 636. The average molecular weight is 294 g/mol. The van der Waals surface area contributed by atoms with E-state index in [1.807, 2.05) is 42.2 Å². The smallest absolute Gasteiger partial charge is 0.253 e. The van der Waals surface area contributed by atoms with E-state index in [2.05, 4.69) is 36.1 Å². The van der Waals surface area contributed by atoms with Crippen LogP contribution in [0.3, 0.4) is 0 Å². The molecule has 1 unspecified atom stereocenters. The van der Waals surface area contributed by atoms with Crippen molar-refractivity contribution in [1.29, 1.82) is 0 Å². The van der Waals surface area contributed by atoms with Gasteiger partial charge in [0, 0.05) is 36.9 Å². The van der Waals surface area contributed by atoms with Crippen LogP contribution in [0.1, 0.15) is 22.8 Å². The number of aryl methyl sites for hydroxylation is 1. The Balaban J connectivity index is 1.69. The summed E-state index contributed by atoms with van der Waals surface area (Å²) in [5, 5.41) is 0. The van der Waals surface area contributed by atoms with Gasteiger partial charge in [0.05, 0.1) is 0 Å². The van der Waals surface area contributed by atoms with Crippen molar-refractivity contribution in [3.63, 3.8) is 0 Å². The monoisotopic (exact) mass is 294 g/mol. The van der Waals surface area contributed by atoms with E-state index in [-0.39, 0.29) is 5.91 Å². The number of hydrogen-bond donors (Lipinski definition) is 0. The number of carbonyl (C=O) groups is 1. The Morgan fingerprint density at radius 3 is 2.32 bits per heavy atom. The van der Waals surface area contributed by atoms with Crippen LogP contribution in [-0.4, -0.2) is 36.5 Å². The number of benzene rings is 2. The van der Waals surface area contributed by atoms with E-state index in [1.165, 1.54) is 11.3 Å². The van der Waals surface area contributed by atoms with Gasteiger partial charge in [0.2, 0.25) is 0 Å². The fraction of sp³-hybridized carbons (Fsp3) is 0.316. The van der Waals surface area contributed by atoms with Crippen molar-refractivity contribution in [1.82, 2.24) is 4.90 Å². The van der Waals surface area contributed by atoms with Gasteiger partial charge >= 0.3 is 0 Å². The first-order valence-electron chi connectivity index (χ1n) is 7.83. The van der Waals surface area contributed by atoms with E-state index in [9.17, 15) is 4.79 Å². The van der Waals surface area contributed by atoms with Gasteiger partial charge in [0.25, 0.3) is 5.91 Å². The Morgan fingerprint density at radius 1 is 1.00 bits per heavy atom. The topological polar surface area (TPSA) is 23.6 Å². The van der Waals surface area contributed by atoms with Crippen LogP contribution >= 0.6 is 0 Å². The van der Waals surface area contributed by atoms with Gasteiger partial charge in [-0.2, -0.15) is 0 Å². The number of carbonyl (C=O) groups excluding carboxylic acids is 1. The zero-order chi connectivity index (χ0) is 15.5. The first-order valence-corrected chi connectivity index (χ1v) is 7.83. The highest BCUT2D eigenvalue weighted by atomic mass is 16.2. The summed E-state index contributed by atoms with van der Waals surface area (Å²) in [5.41, 5.74) is 3.20. The molecule has 3 rings (SSSR count). The number of amides is 1. The van der Waals surface area contributed by atoms with Crippen molar-refractivity contribution >= 4 is 11.6 Å². The third kappa shape index (κ3) is 2.98. The van der Waals surface area contributed by atoms with Crippen LogP contribution in [0.2, 0.25) is 0 Å². The largest absolute Gasteiger partial charge is 0.365 e. The van der Waals surface area contributed by atoms with Crippen LogP contribution in [0, 0.1) is 6.92 Å². The van der Waals surface area contributed by atoms with Crippen molar-refractivity contribution in [2.24, 2.45) is 0 Å². The van der Waals surface area contributed by atoms with E-state index in [4.69, 9.17) is 0 Å². The van der Waals surface area contributed by atoms with Crippen molar-refractivity contribution in [3.05, 3.63) is 65.7 Å². The second-order valence-corrected chi connectivity index (χ2v) is 6.00. The summed E-state index contributed by atoms with van der Waals surface area (Å²) >= 11 is 0. The second-order valence-electron chi connectivity index (χ2n) is 6.00. The minimum Gasteiger partial charge on any atom is -0.365 e. The SMILES string of the molecule is Cc1ccc(C(=O)N2CCN(c3ccccc3)C(C)C2)cc1. The molecule has 1 fully saturated rings. The highest BCUT2D eigenvalue weighted by Crippen LogP contribution is 2.21. The molecule has 1 amide bonds. The molecule has 0 aromatic heterocycles. The molecule has 1 atom stereocenters. The van der Waals surface area contributed by atoms with E-state index in [0.29, 0.717) is 6.04 Å². The Hall–Kier alpha value is -2.29. The lowest BCUT2D eigenvalue weighted by Crippen LogP contribution is -2.53. The summed E-state index contributed by atoms with van der Waals surface area (Å²) in [5.74, 6) is 0.138. The molecule has 2 aromatic carbocycles. The summed E-state index contributed by atoms with van der Waals surface area (Å²) in [6.07, 6.45) is 0. The zero-order valence-corrected chi connectivity index (χ0v) is 13.2. The van der Waals surface area contributed by atoms with Crippen LogP contribution < -0.4 is 4.90 Å². The fourth-order valence-corrected chi connectivity index (χ4v) is 3.02. The average Bonchev–Trinajstić information content (AvgIpc) is 2.55. The van der Waals surface area contributed by atoms with Gasteiger partial charge in [-0.3, -0.25) is 4.79 Å². The minimum atomic E-state index is 0.138. The number of nitrogens with zero attached hydrogens (tertiary/aromatic N) is 2. The first kappa shape index (κ1) is 14.6. The minimum absolute atomic E-state index is 0.138. The lowest BCUT2D eigenvalue weighted by molar-refractivity contribution is 0.0726. The zero-order valence-electron chi connectivity index (χ0n) is 13.2. The van der Waals surface area contributed by atoms with Gasteiger partial charge in [-0.05, 0) is 38.1 Å². The Kier molecular flexibility index (Phi) is 4.14. The molecule has 0 bridgehead atoms. The summed E-state index contributed by atoms with van der Waals surface area (Å²) in [4.78, 5) is 16.9. The molecule has 1 heterocycles. The summed E-state index contributed by atoms with van der Waals surface area (Å²) < 4.78 is 0. The summed E-state index contributed by atoms with van der Waals surface area (Å²) in [6, 6.07) is 18.6. The third-order valence-corrected chi connectivity index (χ3v) is 4.30. The van der Waals surface area contributed by atoms with Gasteiger partial charge in [-0.1, -0.05) is 35.9 Å². The maximum Gasteiger partial charge on any atom is 0.253 e. The summed E-state index contributed by atoms with van der Waals surface area (Å²) in [7, 11) is 0. The third-order valence-electron chi connectivity index (χ3n) is 4.30. The van der Waals surface area contributed by atoms with Gasteiger partial charge in [0.15, 0.2) is 0 Å². The van der Waals surface area contributed by atoms with Crippen LogP contribution in [0.5, 0.6) is 0 Å². The molecule has 3 nitrogen and oxygen atoms in total. The molecule has 3 heteroatoms. The molecule has 1 aliphatic rings. The molecule has 0 saturated carbocycles. The highest BCUT2D eigenvalue weighted by molar-refractivity contribution is 5.94. The predicted octanol–water partition coefficient (Wildman–Crippen LogP) is 3.35. The van der Waals surface area contributed by atoms with Crippen molar-refractivity contribution in [2.45, 2.75) is 19.9 Å². The fourth-order valence-electron chi connectivity index (χ4n) is 3.02. The van der Waals surface area contributed by atoms with E-state index in [0.717, 1.165) is 25.2 Å². The van der Waals surface area contributed by atoms with Crippen molar-refractivity contribution < 1.29 is 4.79 Å². The van der Waals surface area contributed by atoms with Gasteiger partial charge in [0.1, 0.15) is 0 Å². The molecule has 1 saturated heterocycles. The van der Waals surface area contributed by atoms with E-state index < -0.39 is 0 Å². The highest BCUT2D eigenvalue weighted by Gasteiger charge is 2.27. The molecular weight excluding hydrogens is 272 g/mol. The molecule has 0 N–H and O–H groups in total. The lowest BCUT2D eigenvalue weighted by atomic mass is 10.1. The lowest BCUT2D eigenvalue weighted by Gasteiger charge is -2.41. The maximum atomic E-state index is 12.6. The molecular formula is C19H22N2O. The number of piperazine rings is 1. The standard InChI is InChI=1S/C19H22N2O/c1-15-8-10-17(11-9-15)19(22)20-12-13-21(16(2)14-20)18-6-4-3-5-7-18/h3-11,16H,12-14H2,1-2H3. The first-order chi connectivity index (χ1) is 10.6.